The van der Waals surface area contributed by atoms with Gasteiger partial charge in [-0.05, 0) is 61.4 Å². The molecule has 1 heteroatoms. The van der Waals surface area contributed by atoms with E-state index in [-0.39, 0.29) is 6.61 Å². The molecule has 0 unspecified atom stereocenters. The third-order valence-electron chi connectivity index (χ3n) is 3.73. The fourth-order valence-electron chi connectivity index (χ4n) is 2.19. The van der Waals surface area contributed by atoms with E-state index >= 15 is 0 Å². The van der Waals surface area contributed by atoms with E-state index in [0.717, 1.165) is 30.4 Å². The Morgan fingerprint density at radius 2 is 1.89 bits per heavy atom. The minimum atomic E-state index is 0.148. The molecule has 0 aliphatic heterocycles. The molecule has 0 saturated heterocycles. The minimum absolute atomic E-state index is 0.148. The van der Waals surface area contributed by atoms with Crippen LogP contribution in [0.3, 0.4) is 0 Å². The molecule has 0 saturated carbocycles. The van der Waals surface area contributed by atoms with Crippen LogP contribution in [0.15, 0.2) is 35.9 Å². The highest BCUT2D eigenvalue weighted by atomic mass is 16.3. The molecule has 0 aliphatic carbocycles. The smallest absolute Gasteiger partial charge is 0.0641 e. The van der Waals surface area contributed by atoms with Crippen LogP contribution in [-0.4, -0.2) is 11.7 Å². The minimum Gasteiger partial charge on any atom is -0.392 e. The number of rotatable bonds is 6. The van der Waals surface area contributed by atoms with Crippen LogP contribution in [0.4, 0.5) is 0 Å². The number of benzene rings is 1. The molecule has 0 amide bonds. The molecule has 0 fully saturated rings. The van der Waals surface area contributed by atoms with Gasteiger partial charge in [-0.25, -0.2) is 0 Å². The quantitative estimate of drug-likeness (QED) is 0.726. The molecular formula is C18H26O. The lowest BCUT2D eigenvalue weighted by Crippen LogP contribution is -1.96. The Kier molecular flexibility index (Phi) is 6.04. The Morgan fingerprint density at radius 3 is 2.42 bits per heavy atom. The van der Waals surface area contributed by atoms with Gasteiger partial charge in [0, 0.05) is 0 Å². The highest BCUT2D eigenvalue weighted by Crippen LogP contribution is 2.26. The van der Waals surface area contributed by atoms with Crippen LogP contribution in [0.25, 0.3) is 5.57 Å². The first kappa shape index (κ1) is 15.7. The molecule has 0 aliphatic rings. The monoisotopic (exact) mass is 258 g/mol. The van der Waals surface area contributed by atoms with E-state index in [0.29, 0.717) is 0 Å². The van der Waals surface area contributed by atoms with Gasteiger partial charge < -0.3 is 5.11 Å². The van der Waals surface area contributed by atoms with E-state index in [1.165, 1.54) is 22.3 Å². The third kappa shape index (κ3) is 4.36. The molecule has 1 aromatic rings. The van der Waals surface area contributed by atoms with Crippen molar-refractivity contribution >= 4 is 5.57 Å². The Hall–Kier alpha value is -1.34. The lowest BCUT2D eigenvalue weighted by atomic mass is 9.92. The standard InChI is InChI=1S/C18H26O/c1-6-7-17(16(5)12-19)11-15(4)18-9-8-13(2)14(3)10-18/h8-10,19H,4,6-7,11-12H2,1-3,5H3/b17-16+. The van der Waals surface area contributed by atoms with Gasteiger partial charge in [0.05, 0.1) is 6.61 Å². The van der Waals surface area contributed by atoms with Crippen LogP contribution in [-0.2, 0) is 0 Å². The van der Waals surface area contributed by atoms with Crippen molar-refractivity contribution in [2.45, 2.75) is 47.0 Å². The zero-order valence-corrected chi connectivity index (χ0v) is 12.7. The molecule has 0 spiro atoms. The fourth-order valence-corrected chi connectivity index (χ4v) is 2.19. The van der Waals surface area contributed by atoms with E-state index in [9.17, 15) is 5.11 Å². The summed E-state index contributed by atoms with van der Waals surface area (Å²) in [7, 11) is 0. The van der Waals surface area contributed by atoms with Crippen LogP contribution in [0.2, 0.25) is 0 Å². The molecule has 0 aromatic heterocycles. The Labute approximate surface area is 117 Å². The third-order valence-corrected chi connectivity index (χ3v) is 3.73. The highest BCUT2D eigenvalue weighted by Gasteiger charge is 2.07. The summed E-state index contributed by atoms with van der Waals surface area (Å²) in [5.74, 6) is 0. The second-order valence-electron chi connectivity index (χ2n) is 5.37. The number of aryl methyl sites for hydroxylation is 2. The van der Waals surface area contributed by atoms with Gasteiger partial charge in [-0.2, -0.15) is 0 Å². The molecule has 19 heavy (non-hydrogen) atoms. The van der Waals surface area contributed by atoms with Crippen molar-refractivity contribution in [3.63, 3.8) is 0 Å². The van der Waals surface area contributed by atoms with Crippen molar-refractivity contribution in [1.29, 1.82) is 0 Å². The van der Waals surface area contributed by atoms with Gasteiger partial charge in [-0.3, -0.25) is 0 Å². The second kappa shape index (κ2) is 7.30. The first-order valence-corrected chi connectivity index (χ1v) is 7.03. The van der Waals surface area contributed by atoms with Crippen LogP contribution in [0, 0.1) is 13.8 Å². The second-order valence-corrected chi connectivity index (χ2v) is 5.37. The van der Waals surface area contributed by atoms with Crippen LogP contribution in [0.5, 0.6) is 0 Å². The lowest BCUT2D eigenvalue weighted by Gasteiger charge is -2.14. The molecule has 1 rings (SSSR count). The topological polar surface area (TPSA) is 20.2 Å². The summed E-state index contributed by atoms with van der Waals surface area (Å²) < 4.78 is 0. The summed E-state index contributed by atoms with van der Waals surface area (Å²) in [6.45, 7) is 12.8. The van der Waals surface area contributed by atoms with E-state index in [2.05, 4.69) is 45.5 Å². The fraction of sp³-hybridized carbons (Fsp3) is 0.444. The summed E-state index contributed by atoms with van der Waals surface area (Å²) in [5, 5.41) is 9.31. The molecule has 1 aromatic carbocycles. The molecule has 0 atom stereocenters. The Balaban J connectivity index is 2.91. The molecule has 1 N–H and O–H groups in total. The maximum absolute atomic E-state index is 9.31. The predicted octanol–water partition coefficient (Wildman–Crippen LogP) is 4.82. The first-order chi connectivity index (χ1) is 8.99. The van der Waals surface area contributed by atoms with E-state index in [1.54, 1.807) is 0 Å². The number of hydrogen-bond donors (Lipinski definition) is 1. The number of hydrogen-bond acceptors (Lipinski definition) is 1. The van der Waals surface area contributed by atoms with Crippen molar-refractivity contribution in [1.82, 2.24) is 0 Å². The van der Waals surface area contributed by atoms with Crippen molar-refractivity contribution in [3.8, 4) is 0 Å². The van der Waals surface area contributed by atoms with Gasteiger partial charge in [0.1, 0.15) is 0 Å². The van der Waals surface area contributed by atoms with E-state index in [1.807, 2.05) is 6.92 Å². The first-order valence-electron chi connectivity index (χ1n) is 7.03. The van der Waals surface area contributed by atoms with E-state index in [4.69, 9.17) is 0 Å². The Morgan fingerprint density at radius 1 is 1.21 bits per heavy atom. The average molecular weight is 258 g/mol. The van der Waals surface area contributed by atoms with Gasteiger partial charge in [-0.1, -0.05) is 43.7 Å². The largest absolute Gasteiger partial charge is 0.392 e. The molecule has 1 nitrogen and oxygen atoms in total. The summed E-state index contributed by atoms with van der Waals surface area (Å²) in [5.41, 5.74) is 7.38. The van der Waals surface area contributed by atoms with Crippen molar-refractivity contribution in [2.75, 3.05) is 6.61 Å². The maximum atomic E-state index is 9.31. The summed E-state index contributed by atoms with van der Waals surface area (Å²) >= 11 is 0. The number of aliphatic hydroxyl groups excluding tert-OH is 1. The van der Waals surface area contributed by atoms with Crippen LogP contribution >= 0.6 is 0 Å². The zero-order valence-electron chi connectivity index (χ0n) is 12.7. The van der Waals surface area contributed by atoms with Gasteiger partial charge in [0.25, 0.3) is 0 Å². The summed E-state index contributed by atoms with van der Waals surface area (Å²) in [4.78, 5) is 0. The van der Waals surface area contributed by atoms with Gasteiger partial charge in [0.15, 0.2) is 0 Å². The maximum Gasteiger partial charge on any atom is 0.0641 e. The predicted molar refractivity (Wildman–Crippen MR) is 84.3 cm³/mol. The van der Waals surface area contributed by atoms with Crippen molar-refractivity contribution in [3.05, 3.63) is 52.6 Å². The molecule has 0 bridgehead atoms. The van der Waals surface area contributed by atoms with E-state index < -0.39 is 0 Å². The van der Waals surface area contributed by atoms with Gasteiger partial charge in [-0.15, -0.1) is 0 Å². The Bertz CT molecular complexity index is 480. The number of allylic oxidation sites excluding steroid dienone is 2. The molecule has 104 valence electrons. The van der Waals surface area contributed by atoms with Gasteiger partial charge in [0.2, 0.25) is 0 Å². The van der Waals surface area contributed by atoms with Crippen LogP contribution in [0.1, 0.15) is 49.8 Å². The average Bonchev–Trinajstić information content (AvgIpc) is 2.40. The number of aliphatic hydroxyl groups is 1. The zero-order chi connectivity index (χ0) is 14.4. The highest BCUT2D eigenvalue weighted by molar-refractivity contribution is 5.66. The normalized spacial score (nSPS) is 12.3. The molecular weight excluding hydrogens is 232 g/mol. The van der Waals surface area contributed by atoms with Crippen molar-refractivity contribution in [2.24, 2.45) is 0 Å². The van der Waals surface area contributed by atoms with Crippen LogP contribution < -0.4 is 0 Å². The summed E-state index contributed by atoms with van der Waals surface area (Å²) in [6.07, 6.45) is 3.01. The molecule has 0 heterocycles. The van der Waals surface area contributed by atoms with Crippen molar-refractivity contribution < 1.29 is 5.11 Å². The van der Waals surface area contributed by atoms with Gasteiger partial charge >= 0.3 is 0 Å². The summed E-state index contributed by atoms with van der Waals surface area (Å²) in [6, 6.07) is 6.50. The molecule has 0 radical (unpaired) electrons. The SMILES string of the molecule is C=C(C/C(CCC)=C(\C)CO)c1ccc(C)c(C)c1. The lowest BCUT2D eigenvalue weighted by molar-refractivity contribution is 0.329.